The molecule has 2 aliphatic carbocycles. The molecular weight excluding hydrogens is 200 g/mol. The van der Waals surface area contributed by atoms with Gasteiger partial charge in [0.15, 0.2) is 0 Å². The van der Waals surface area contributed by atoms with Crippen molar-refractivity contribution in [3.63, 3.8) is 0 Å². The predicted octanol–water partition coefficient (Wildman–Crippen LogP) is 1.36. The molecule has 0 aromatic rings. The molecule has 2 rings (SSSR count). The van der Waals surface area contributed by atoms with Crippen LogP contribution < -0.4 is 5.32 Å². The molecule has 3 nitrogen and oxygen atoms in total. The predicted molar refractivity (Wildman–Crippen MR) is 66.5 cm³/mol. The molecule has 0 aromatic carbocycles. The Bertz CT molecular complexity index is 224. The molecular formula is C13H26N2O. The highest BCUT2D eigenvalue weighted by molar-refractivity contribution is 5.01. The number of nitrogens with one attached hydrogen (secondary N) is 1. The highest BCUT2D eigenvalue weighted by Crippen LogP contribution is 2.38. The Morgan fingerprint density at radius 3 is 2.50 bits per heavy atom. The van der Waals surface area contributed by atoms with Gasteiger partial charge in [-0.25, -0.2) is 0 Å². The summed E-state index contributed by atoms with van der Waals surface area (Å²) in [6, 6.07) is 1.56. The van der Waals surface area contributed by atoms with E-state index in [2.05, 4.69) is 17.1 Å². The quantitative estimate of drug-likeness (QED) is 0.718. The fourth-order valence-electron chi connectivity index (χ4n) is 3.16. The molecule has 3 heteroatoms. The lowest BCUT2D eigenvalue weighted by atomic mass is 9.99. The first-order valence-electron chi connectivity index (χ1n) is 6.80. The van der Waals surface area contributed by atoms with Crippen molar-refractivity contribution in [1.29, 1.82) is 0 Å². The summed E-state index contributed by atoms with van der Waals surface area (Å²) in [5, 5.41) is 12.9. The van der Waals surface area contributed by atoms with E-state index in [1.807, 2.05) is 7.05 Å². The molecule has 94 valence electrons. The van der Waals surface area contributed by atoms with E-state index in [9.17, 15) is 5.11 Å². The van der Waals surface area contributed by atoms with Gasteiger partial charge in [0.25, 0.3) is 0 Å². The van der Waals surface area contributed by atoms with Gasteiger partial charge in [0.1, 0.15) is 0 Å². The van der Waals surface area contributed by atoms with Crippen LogP contribution in [0.15, 0.2) is 0 Å². The summed E-state index contributed by atoms with van der Waals surface area (Å²) in [6.45, 7) is 3.78. The van der Waals surface area contributed by atoms with E-state index in [1.165, 1.54) is 32.2 Å². The van der Waals surface area contributed by atoms with Crippen molar-refractivity contribution in [1.82, 2.24) is 10.2 Å². The fourth-order valence-corrected chi connectivity index (χ4v) is 3.16. The molecule has 0 saturated heterocycles. The lowest BCUT2D eigenvalue weighted by Crippen LogP contribution is -2.46. The minimum Gasteiger partial charge on any atom is -0.394 e. The van der Waals surface area contributed by atoms with Gasteiger partial charge in [-0.05, 0) is 52.1 Å². The minimum absolute atomic E-state index is 0.00550. The average molecular weight is 226 g/mol. The highest BCUT2D eigenvalue weighted by Gasteiger charge is 2.43. The average Bonchev–Trinajstić information content (AvgIpc) is 3.06. The second kappa shape index (κ2) is 5.03. The first kappa shape index (κ1) is 12.3. The van der Waals surface area contributed by atoms with Crippen LogP contribution in [0.25, 0.3) is 0 Å². The summed E-state index contributed by atoms with van der Waals surface area (Å²) < 4.78 is 0. The number of hydrogen-bond acceptors (Lipinski definition) is 3. The van der Waals surface area contributed by atoms with Crippen molar-refractivity contribution in [3.8, 4) is 0 Å². The number of nitrogens with zero attached hydrogens (tertiary/aromatic N) is 1. The first-order chi connectivity index (χ1) is 7.74. The van der Waals surface area contributed by atoms with E-state index in [0.29, 0.717) is 6.04 Å². The lowest BCUT2D eigenvalue weighted by molar-refractivity contribution is 0.144. The van der Waals surface area contributed by atoms with Crippen LogP contribution in [0.3, 0.4) is 0 Å². The second-order valence-electron chi connectivity index (χ2n) is 5.55. The van der Waals surface area contributed by atoms with E-state index in [0.717, 1.165) is 18.9 Å². The smallest absolute Gasteiger partial charge is 0.0613 e. The third-order valence-corrected chi connectivity index (χ3v) is 4.38. The van der Waals surface area contributed by atoms with Crippen molar-refractivity contribution in [3.05, 3.63) is 0 Å². The number of aliphatic hydroxyl groups is 1. The van der Waals surface area contributed by atoms with E-state index in [-0.39, 0.29) is 12.1 Å². The third kappa shape index (κ3) is 2.41. The summed E-state index contributed by atoms with van der Waals surface area (Å²) in [5.74, 6) is 0. The molecule has 0 aromatic heterocycles. The number of rotatable bonds is 6. The molecule has 0 spiro atoms. The van der Waals surface area contributed by atoms with E-state index < -0.39 is 0 Å². The Morgan fingerprint density at radius 2 is 2.06 bits per heavy atom. The topological polar surface area (TPSA) is 35.5 Å². The maximum Gasteiger partial charge on any atom is 0.0613 e. The summed E-state index contributed by atoms with van der Waals surface area (Å²) >= 11 is 0. The van der Waals surface area contributed by atoms with Crippen LogP contribution in [0.1, 0.15) is 45.4 Å². The van der Waals surface area contributed by atoms with Crippen LogP contribution >= 0.6 is 0 Å². The molecule has 2 N–H and O–H groups in total. The largest absolute Gasteiger partial charge is 0.394 e. The zero-order valence-corrected chi connectivity index (χ0v) is 10.7. The van der Waals surface area contributed by atoms with Crippen LogP contribution in [-0.4, -0.2) is 47.8 Å². The van der Waals surface area contributed by atoms with E-state index in [1.54, 1.807) is 0 Å². The molecule has 2 saturated carbocycles. The normalized spacial score (nSPS) is 34.9. The van der Waals surface area contributed by atoms with Crippen LogP contribution in [0, 0.1) is 0 Å². The first-order valence-corrected chi connectivity index (χ1v) is 6.80. The third-order valence-electron chi connectivity index (χ3n) is 4.38. The van der Waals surface area contributed by atoms with Gasteiger partial charge in [0.05, 0.1) is 6.61 Å². The fraction of sp³-hybridized carbons (Fsp3) is 1.00. The molecule has 0 heterocycles. The summed E-state index contributed by atoms with van der Waals surface area (Å²) in [6.07, 6.45) is 7.52. The SMILES string of the molecule is CCCN(C1CC1)C1CCC(CO)(NC)C1. The molecule has 0 amide bonds. The molecule has 0 bridgehead atoms. The van der Waals surface area contributed by atoms with E-state index >= 15 is 0 Å². The van der Waals surface area contributed by atoms with E-state index in [4.69, 9.17) is 0 Å². The molecule has 2 aliphatic rings. The van der Waals surface area contributed by atoms with Crippen molar-refractivity contribution < 1.29 is 5.11 Å². The van der Waals surface area contributed by atoms with Crippen molar-refractivity contribution in [2.75, 3.05) is 20.2 Å². The molecule has 2 fully saturated rings. The Hall–Kier alpha value is -0.120. The van der Waals surface area contributed by atoms with Gasteiger partial charge in [-0.15, -0.1) is 0 Å². The van der Waals surface area contributed by atoms with Gasteiger partial charge in [-0.2, -0.15) is 0 Å². The maximum absolute atomic E-state index is 9.52. The summed E-state index contributed by atoms with van der Waals surface area (Å²) in [5.41, 5.74) is 0.00550. The summed E-state index contributed by atoms with van der Waals surface area (Å²) in [7, 11) is 1.99. The zero-order chi connectivity index (χ0) is 11.6. The molecule has 2 unspecified atom stereocenters. The monoisotopic (exact) mass is 226 g/mol. The number of hydrogen-bond donors (Lipinski definition) is 2. The van der Waals surface area contributed by atoms with Gasteiger partial charge in [-0.1, -0.05) is 6.92 Å². The van der Waals surface area contributed by atoms with Gasteiger partial charge in [-0.3, -0.25) is 4.90 Å². The molecule has 0 aliphatic heterocycles. The maximum atomic E-state index is 9.52. The Morgan fingerprint density at radius 1 is 1.31 bits per heavy atom. The van der Waals surface area contributed by atoms with Crippen molar-refractivity contribution >= 4 is 0 Å². The minimum atomic E-state index is 0.00550. The van der Waals surface area contributed by atoms with Crippen LogP contribution in [0.5, 0.6) is 0 Å². The van der Waals surface area contributed by atoms with Crippen LogP contribution in [0.2, 0.25) is 0 Å². The Balaban J connectivity index is 1.94. The molecule has 2 atom stereocenters. The number of aliphatic hydroxyl groups excluding tert-OH is 1. The Kier molecular flexibility index (Phi) is 3.88. The molecule has 0 radical (unpaired) electrons. The standard InChI is InChI=1S/C13H26N2O/c1-3-8-15(11-4-5-11)12-6-7-13(9-12,10-16)14-2/h11-12,14,16H,3-10H2,1-2H3. The van der Waals surface area contributed by atoms with Gasteiger partial charge in [0, 0.05) is 17.6 Å². The van der Waals surface area contributed by atoms with Gasteiger partial charge in [0.2, 0.25) is 0 Å². The second-order valence-corrected chi connectivity index (χ2v) is 5.55. The number of likely N-dealkylation sites (N-methyl/N-ethyl adjacent to an activating group) is 1. The van der Waals surface area contributed by atoms with Gasteiger partial charge < -0.3 is 10.4 Å². The van der Waals surface area contributed by atoms with Crippen LogP contribution in [-0.2, 0) is 0 Å². The van der Waals surface area contributed by atoms with Crippen molar-refractivity contribution in [2.24, 2.45) is 0 Å². The zero-order valence-electron chi connectivity index (χ0n) is 10.7. The van der Waals surface area contributed by atoms with Gasteiger partial charge >= 0.3 is 0 Å². The van der Waals surface area contributed by atoms with Crippen molar-refractivity contribution in [2.45, 2.75) is 63.1 Å². The highest BCUT2D eigenvalue weighted by atomic mass is 16.3. The molecule has 16 heavy (non-hydrogen) atoms. The summed E-state index contributed by atoms with van der Waals surface area (Å²) in [4.78, 5) is 2.70. The lowest BCUT2D eigenvalue weighted by Gasteiger charge is -2.31. The van der Waals surface area contributed by atoms with Crippen LogP contribution in [0.4, 0.5) is 0 Å². The Labute approximate surface area is 99.2 Å².